The molecule has 1 unspecified atom stereocenters. The first-order chi connectivity index (χ1) is 14.7. The van der Waals surface area contributed by atoms with Crippen molar-refractivity contribution in [1.82, 2.24) is 9.21 Å². The van der Waals surface area contributed by atoms with Crippen LogP contribution in [0.15, 0.2) is 41.3 Å². The number of carbonyl (C=O) groups is 2. The molecule has 7 nitrogen and oxygen atoms in total. The number of piperazine rings is 1. The number of hydrogen-bond donors (Lipinski definition) is 1. The lowest BCUT2D eigenvalue weighted by Gasteiger charge is -2.37. The highest BCUT2D eigenvalue weighted by atomic mass is 35.5. The van der Waals surface area contributed by atoms with Crippen molar-refractivity contribution >= 4 is 50.7 Å². The lowest BCUT2D eigenvalue weighted by molar-refractivity contribution is -0.136. The summed E-state index contributed by atoms with van der Waals surface area (Å²) < 4.78 is 40.8. The Bertz CT molecular complexity index is 1150. The van der Waals surface area contributed by atoms with Crippen LogP contribution in [0.1, 0.15) is 17.9 Å². The van der Waals surface area contributed by atoms with E-state index in [2.05, 4.69) is 5.32 Å². The van der Waals surface area contributed by atoms with Gasteiger partial charge in [0.15, 0.2) is 0 Å². The van der Waals surface area contributed by atoms with Crippen LogP contribution in [0.3, 0.4) is 0 Å². The first kappa shape index (κ1) is 22.0. The predicted molar refractivity (Wildman–Crippen MR) is 114 cm³/mol. The monoisotopic (exact) mass is 485 g/mol. The Morgan fingerprint density at radius 3 is 2.35 bits per heavy atom. The molecule has 0 radical (unpaired) electrons. The Kier molecular flexibility index (Phi) is 5.95. The highest BCUT2D eigenvalue weighted by Gasteiger charge is 2.37. The van der Waals surface area contributed by atoms with Gasteiger partial charge in [-0.15, -0.1) is 0 Å². The van der Waals surface area contributed by atoms with Crippen molar-refractivity contribution in [2.24, 2.45) is 0 Å². The van der Waals surface area contributed by atoms with Gasteiger partial charge in [0.25, 0.3) is 0 Å². The SMILES string of the molecule is O=C1CC(C(=O)N2CCN(S(=O)(=O)c3c(Cl)cccc3Cl)CC2)c2ccc(F)cc2N1. The second-order valence-electron chi connectivity index (χ2n) is 7.32. The van der Waals surface area contributed by atoms with Crippen LogP contribution in [0, 0.1) is 5.82 Å². The van der Waals surface area contributed by atoms with E-state index >= 15 is 0 Å². The van der Waals surface area contributed by atoms with Gasteiger partial charge in [0.2, 0.25) is 21.8 Å². The fourth-order valence-electron chi connectivity index (χ4n) is 3.88. The Balaban J connectivity index is 1.51. The van der Waals surface area contributed by atoms with E-state index in [1.54, 1.807) is 6.07 Å². The van der Waals surface area contributed by atoms with Crippen molar-refractivity contribution < 1.29 is 22.4 Å². The van der Waals surface area contributed by atoms with Crippen LogP contribution in [0.5, 0.6) is 0 Å². The van der Waals surface area contributed by atoms with Gasteiger partial charge in [0, 0.05) is 38.3 Å². The molecule has 2 aliphatic rings. The highest BCUT2D eigenvalue weighted by Crippen LogP contribution is 2.35. The third kappa shape index (κ3) is 4.15. The molecule has 1 atom stereocenters. The van der Waals surface area contributed by atoms with Crippen LogP contribution in [-0.2, 0) is 19.6 Å². The van der Waals surface area contributed by atoms with Crippen molar-refractivity contribution in [3.63, 3.8) is 0 Å². The number of fused-ring (bicyclic) bond motifs is 1. The molecule has 4 rings (SSSR count). The number of benzene rings is 2. The molecule has 0 bridgehead atoms. The van der Waals surface area contributed by atoms with E-state index in [0.29, 0.717) is 5.56 Å². The van der Waals surface area contributed by atoms with E-state index in [4.69, 9.17) is 23.2 Å². The molecular weight excluding hydrogens is 468 g/mol. The smallest absolute Gasteiger partial charge is 0.246 e. The molecule has 1 N–H and O–H groups in total. The highest BCUT2D eigenvalue weighted by molar-refractivity contribution is 7.89. The zero-order chi connectivity index (χ0) is 22.3. The minimum absolute atomic E-state index is 0.0306. The van der Waals surface area contributed by atoms with Gasteiger partial charge in [-0.1, -0.05) is 35.3 Å². The number of carbonyl (C=O) groups excluding carboxylic acids is 2. The number of halogens is 3. The Hall–Kier alpha value is -2.20. The topological polar surface area (TPSA) is 86.8 Å². The largest absolute Gasteiger partial charge is 0.340 e. The van der Waals surface area contributed by atoms with Crippen molar-refractivity contribution in [1.29, 1.82) is 0 Å². The number of hydrogen-bond acceptors (Lipinski definition) is 4. The van der Waals surface area contributed by atoms with Gasteiger partial charge in [0.05, 0.1) is 16.0 Å². The standard InChI is InChI=1S/C20H18Cl2FN3O4S/c21-15-2-1-3-16(22)19(15)31(29,30)26-8-6-25(7-9-26)20(28)14-11-18(27)24-17-10-12(23)4-5-13(14)17/h1-5,10,14H,6-9,11H2,(H,24,27). The molecule has 164 valence electrons. The molecule has 0 spiro atoms. The van der Waals surface area contributed by atoms with Crippen LogP contribution in [0.2, 0.25) is 10.0 Å². The molecule has 2 aromatic rings. The summed E-state index contributed by atoms with van der Waals surface area (Å²) >= 11 is 12.1. The van der Waals surface area contributed by atoms with Gasteiger partial charge < -0.3 is 10.2 Å². The normalized spacial score (nSPS) is 19.6. The molecule has 11 heteroatoms. The van der Waals surface area contributed by atoms with Crippen molar-refractivity contribution in [3.8, 4) is 0 Å². The molecule has 2 aromatic carbocycles. The molecule has 31 heavy (non-hydrogen) atoms. The minimum atomic E-state index is -3.93. The van der Waals surface area contributed by atoms with Gasteiger partial charge in [-0.25, -0.2) is 12.8 Å². The van der Waals surface area contributed by atoms with Crippen molar-refractivity contribution in [2.45, 2.75) is 17.2 Å². The minimum Gasteiger partial charge on any atom is -0.340 e. The molecule has 2 amide bonds. The molecule has 2 aliphatic heterocycles. The first-order valence-corrected chi connectivity index (χ1v) is 11.7. The van der Waals surface area contributed by atoms with E-state index in [1.165, 1.54) is 39.5 Å². The average molecular weight is 486 g/mol. The maximum atomic E-state index is 13.5. The van der Waals surface area contributed by atoms with Gasteiger partial charge in [-0.05, 0) is 29.8 Å². The first-order valence-electron chi connectivity index (χ1n) is 9.50. The van der Waals surface area contributed by atoms with E-state index in [9.17, 15) is 22.4 Å². The van der Waals surface area contributed by atoms with Crippen LogP contribution < -0.4 is 5.32 Å². The maximum absolute atomic E-state index is 13.5. The summed E-state index contributed by atoms with van der Waals surface area (Å²) in [5.41, 5.74) is 0.827. The number of anilines is 1. The molecule has 0 saturated carbocycles. The average Bonchev–Trinajstić information content (AvgIpc) is 2.72. The third-order valence-electron chi connectivity index (χ3n) is 5.42. The Labute approximate surface area is 188 Å². The van der Waals surface area contributed by atoms with Crippen molar-refractivity contribution in [3.05, 3.63) is 57.8 Å². The predicted octanol–water partition coefficient (Wildman–Crippen LogP) is 3.09. The van der Waals surface area contributed by atoms with Gasteiger partial charge >= 0.3 is 0 Å². The van der Waals surface area contributed by atoms with Crippen LogP contribution >= 0.6 is 23.2 Å². The Morgan fingerprint density at radius 2 is 1.71 bits per heavy atom. The van der Waals surface area contributed by atoms with Crippen molar-refractivity contribution in [2.75, 3.05) is 31.5 Å². The molecule has 2 heterocycles. The summed E-state index contributed by atoms with van der Waals surface area (Å²) in [7, 11) is -3.93. The zero-order valence-electron chi connectivity index (χ0n) is 16.1. The lowest BCUT2D eigenvalue weighted by atomic mass is 9.89. The van der Waals surface area contributed by atoms with E-state index in [1.807, 2.05) is 0 Å². The zero-order valence-corrected chi connectivity index (χ0v) is 18.5. The number of nitrogens with zero attached hydrogens (tertiary/aromatic N) is 2. The maximum Gasteiger partial charge on any atom is 0.246 e. The summed E-state index contributed by atoms with van der Waals surface area (Å²) in [6.07, 6.45) is -0.0504. The molecule has 0 aliphatic carbocycles. The molecule has 1 saturated heterocycles. The second-order valence-corrected chi connectivity index (χ2v) is 10.0. The number of amides is 2. The summed E-state index contributed by atoms with van der Waals surface area (Å²) in [5.74, 6) is -1.92. The van der Waals surface area contributed by atoms with Crippen LogP contribution in [0.4, 0.5) is 10.1 Å². The number of rotatable bonds is 3. The lowest BCUT2D eigenvalue weighted by Crippen LogP contribution is -2.52. The third-order valence-corrected chi connectivity index (χ3v) is 8.27. The second kappa shape index (κ2) is 8.38. The fourth-order valence-corrected chi connectivity index (χ4v) is 6.40. The molecule has 1 fully saturated rings. The van der Waals surface area contributed by atoms with Gasteiger partial charge in [-0.2, -0.15) is 4.31 Å². The van der Waals surface area contributed by atoms with Crippen LogP contribution in [0.25, 0.3) is 0 Å². The quantitative estimate of drug-likeness (QED) is 0.723. The van der Waals surface area contributed by atoms with E-state index in [0.717, 1.165) is 0 Å². The fraction of sp³-hybridized carbons (Fsp3) is 0.300. The van der Waals surface area contributed by atoms with Gasteiger partial charge in [-0.3, -0.25) is 9.59 Å². The van der Waals surface area contributed by atoms with E-state index < -0.39 is 21.8 Å². The summed E-state index contributed by atoms with van der Waals surface area (Å²) in [4.78, 5) is 26.5. The molecule has 0 aromatic heterocycles. The van der Waals surface area contributed by atoms with E-state index in [-0.39, 0.29) is 65.0 Å². The number of sulfonamides is 1. The van der Waals surface area contributed by atoms with Gasteiger partial charge in [0.1, 0.15) is 10.7 Å². The summed E-state index contributed by atoms with van der Waals surface area (Å²) in [6, 6.07) is 8.39. The Morgan fingerprint density at radius 1 is 1.06 bits per heavy atom. The number of nitrogens with one attached hydrogen (secondary N) is 1. The van der Waals surface area contributed by atoms with Crippen LogP contribution in [-0.4, -0.2) is 55.6 Å². The molecular formula is C20H18Cl2FN3O4S. The summed E-state index contributed by atoms with van der Waals surface area (Å²) in [5, 5.41) is 2.64. The summed E-state index contributed by atoms with van der Waals surface area (Å²) in [6.45, 7) is 0.416.